The first-order valence-electron chi connectivity index (χ1n) is 9.83. The Morgan fingerprint density at radius 1 is 1.03 bits per heavy atom. The molecule has 0 saturated heterocycles. The van der Waals surface area contributed by atoms with E-state index in [2.05, 4.69) is 15.3 Å². The first kappa shape index (κ1) is 21.6. The molecule has 0 unspecified atom stereocenters. The number of rotatable bonds is 7. The second kappa shape index (κ2) is 8.83. The van der Waals surface area contributed by atoms with E-state index in [1.807, 2.05) is 12.1 Å². The minimum atomic E-state index is -1.06. The Morgan fingerprint density at radius 3 is 2.55 bits per heavy atom. The number of amides is 1. The highest BCUT2D eigenvalue weighted by atomic mass is 16.5. The van der Waals surface area contributed by atoms with Crippen LogP contribution in [-0.2, 0) is 0 Å². The molecular weight excluding hydrogens is 424 g/mol. The summed E-state index contributed by atoms with van der Waals surface area (Å²) in [7, 11) is 3.05. The van der Waals surface area contributed by atoms with Crippen molar-refractivity contribution in [2.45, 2.75) is 0 Å². The molecule has 166 valence electrons. The monoisotopic (exact) mass is 444 g/mol. The molecule has 4 N–H and O–H groups in total. The Balaban J connectivity index is 1.86. The molecule has 0 saturated carbocycles. The van der Waals surface area contributed by atoms with Gasteiger partial charge in [-0.1, -0.05) is 18.2 Å². The van der Waals surface area contributed by atoms with Crippen LogP contribution >= 0.6 is 0 Å². The fourth-order valence-corrected chi connectivity index (χ4v) is 3.56. The number of aromatic nitrogens is 2. The number of hydrogen-bond donors (Lipinski definition) is 3. The molecule has 2 aromatic carbocycles. The van der Waals surface area contributed by atoms with Crippen LogP contribution < -0.4 is 20.5 Å². The molecule has 9 heteroatoms. The lowest BCUT2D eigenvalue weighted by Gasteiger charge is -2.15. The summed E-state index contributed by atoms with van der Waals surface area (Å²) in [4.78, 5) is 32.0. The molecule has 0 spiro atoms. The van der Waals surface area contributed by atoms with Gasteiger partial charge in [0.2, 0.25) is 0 Å². The van der Waals surface area contributed by atoms with Crippen molar-refractivity contribution in [3.05, 3.63) is 72.1 Å². The van der Waals surface area contributed by atoms with Crippen molar-refractivity contribution < 1.29 is 24.2 Å². The number of carbonyl (C=O) groups excluding carboxylic acids is 1. The first-order chi connectivity index (χ1) is 15.9. The van der Waals surface area contributed by atoms with Gasteiger partial charge in [0.05, 0.1) is 36.6 Å². The van der Waals surface area contributed by atoms with Gasteiger partial charge in [0.15, 0.2) is 5.75 Å². The molecule has 0 aliphatic rings. The van der Waals surface area contributed by atoms with Gasteiger partial charge >= 0.3 is 5.97 Å². The van der Waals surface area contributed by atoms with Gasteiger partial charge < -0.3 is 25.6 Å². The molecular formula is C24H20N4O5. The number of primary amides is 1. The number of nitrogens with zero attached hydrogens (tertiary/aromatic N) is 2. The third-order valence-electron chi connectivity index (χ3n) is 5.09. The fourth-order valence-electron chi connectivity index (χ4n) is 3.56. The van der Waals surface area contributed by atoms with E-state index in [1.165, 1.54) is 32.5 Å². The number of fused-ring (bicyclic) bond motifs is 1. The number of carbonyl (C=O) groups is 2. The van der Waals surface area contributed by atoms with E-state index in [1.54, 1.807) is 30.5 Å². The number of methoxy groups -OCH3 is 2. The molecule has 4 rings (SSSR count). The number of ether oxygens (including phenoxy) is 2. The Hall–Kier alpha value is -4.66. The van der Waals surface area contributed by atoms with Gasteiger partial charge in [-0.15, -0.1) is 0 Å². The summed E-state index contributed by atoms with van der Waals surface area (Å²) in [5.41, 5.74) is 8.95. The summed E-state index contributed by atoms with van der Waals surface area (Å²) in [5.74, 6) is -0.879. The molecule has 0 aliphatic heterocycles. The molecule has 9 nitrogen and oxygen atoms in total. The van der Waals surface area contributed by atoms with Crippen molar-refractivity contribution in [1.29, 1.82) is 0 Å². The van der Waals surface area contributed by atoms with Gasteiger partial charge in [-0.05, 0) is 35.9 Å². The van der Waals surface area contributed by atoms with E-state index >= 15 is 0 Å². The lowest BCUT2D eigenvalue weighted by molar-refractivity contribution is 0.0696. The number of carboxylic acids is 1. The molecule has 4 aromatic rings. The van der Waals surface area contributed by atoms with Crippen LogP contribution in [0.3, 0.4) is 0 Å². The molecule has 2 heterocycles. The Morgan fingerprint density at radius 2 is 1.85 bits per heavy atom. The minimum Gasteiger partial charge on any atom is -0.491 e. The predicted octanol–water partition coefficient (Wildman–Crippen LogP) is 3.85. The average molecular weight is 444 g/mol. The standard InChI is InChI=1S/C24H20N4O5/c1-32-21-16(8-9-26-23(21)33-2)13-6-7-17-19(11-13)27-12-18(22(25)29)20(17)28-15-5-3-4-14(10-15)24(30)31/h3-12H,1-2H3,(H2,25,29)(H,27,28)(H,30,31). The molecule has 0 fully saturated rings. The predicted molar refractivity (Wildman–Crippen MR) is 123 cm³/mol. The Bertz CT molecular complexity index is 1390. The van der Waals surface area contributed by atoms with E-state index in [4.69, 9.17) is 15.2 Å². The van der Waals surface area contributed by atoms with Crippen LogP contribution in [0.15, 0.2) is 60.9 Å². The summed E-state index contributed by atoms with van der Waals surface area (Å²) in [6.07, 6.45) is 3.01. The van der Waals surface area contributed by atoms with E-state index in [-0.39, 0.29) is 11.1 Å². The maximum absolute atomic E-state index is 12.1. The average Bonchev–Trinajstić information content (AvgIpc) is 2.83. The van der Waals surface area contributed by atoms with Crippen molar-refractivity contribution in [1.82, 2.24) is 9.97 Å². The summed E-state index contributed by atoms with van der Waals surface area (Å²) >= 11 is 0. The lowest BCUT2D eigenvalue weighted by Crippen LogP contribution is -2.14. The van der Waals surface area contributed by atoms with Crippen molar-refractivity contribution in [2.24, 2.45) is 5.73 Å². The van der Waals surface area contributed by atoms with E-state index in [0.717, 1.165) is 11.1 Å². The van der Waals surface area contributed by atoms with Gasteiger partial charge in [-0.25, -0.2) is 9.78 Å². The second-order valence-electron chi connectivity index (χ2n) is 7.06. The SMILES string of the molecule is COc1nccc(-c2ccc3c(Nc4cccc(C(=O)O)c4)c(C(N)=O)cnc3c2)c1OC. The molecule has 2 aromatic heterocycles. The van der Waals surface area contributed by atoms with Crippen molar-refractivity contribution in [3.63, 3.8) is 0 Å². The zero-order chi connectivity index (χ0) is 23.5. The van der Waals surface area contributed by atoms with E-state index < -0.39 is 11.9 Å². The molecule has 33 heavy (non-hydrogen) atoms. The zero-order valence-electron chi connectivity index (χ0n) is 17.8. The largest absolute Gasteiger partial charge is 0.491 e. The van der Waals surface area contributed by atoms with Gasteiger partial charge in [0.1, 0.15) is 0 Å². The Kier molecular flexibility index (Phi) is 5.77. The molecule has 0 radical (unpaired) electrons. The molecule has 1 amide bonds. The first-order valence-corrected chi connectivity index (χ1v) is 9.83. The van der Waals surface area contributed by atoms with Gasteiger partial charge in [0.25, 0.3) is 11.8 Å². The highest BCUT2D eigenvalue weighted by Gasteiger charge is 2.17. The third kappa shape index (κ3) is 4.11. The topological polar surface area (TPSA) is 137 Å². The number of benzene rings is 2. The van der Waals surface area contributed by atoms with Gasteiger partial charge in [0, 0.05) is 29.0 Å². The van der Waals surface area contributed by atoms with Crippen LogP contribution in [0, 0.1) is 0 Å². The van der Waals surface area contributed by atoms with Crippen LogP contribution in [0.2, 0.25) is 0 Å². The number of aromatic carboxylic acids is 1. The van der Waals surface area contributed by atoms with Crippen molar-refractivity contribution >= 4 is 34.2 Å². The summed E-state index contributed by atoms with van der Waals surface area (Å²) in [5, 5.41) is 13.0. The second-order valence-corrected chi connectivity index (χ2v) is 7.06. The normalized spacial score (nSPS) is 10.6. The number of carboxylic acid groups (broad SMARTS) is 1. The maximum Gasteiger partial charge on any atom is 0.335 e. The molecule has 0 atom stereocenters. The molecule has 0 bridgehead atoms. The maximum atomic E-state index is 12.1. The van der Waals surface area contributed by atoms with Crippen LogP contribution in [0.4, 0.5) is 11.4 Å². The van der Waals surface area contributed by atoms with Crippen LogP contribution in [0.5, 0.6) is 11.6 Å². The Labute approximate surface area is 188 Å². The number of nitrogens with one attached hydrogen (secondary N) is 1. The van der Waals surface area contributed by atoms with Crippen LogP contribution in [0.25, 0.3) is 22.0 Å². The number of hydrogen-bond acceptors (Lipinski definition) is 7. The third-order valence-corrected chi connectivity index (χ3v) is 5.09. The quantitative estimate of drug-likeness (QED) is 0.391. The van der Waals surface area contributed by atoms with E-state index in [0.29, 0.717) is 33.9 Å². The number of nitrogens with two attached hydrogens (primary N) is 1. The zero-order valence-corrected chi connectivity index (χ0v) is 17.8. The fraction of sp³-hybridized carbons (Fsp3) is 0.0833. The lowest BCUT2D eigenvalue weighted by atomic mass is 10.0. The van der Waals surface area contributed by atoms with Crippen LogP contribution in [-0.4, -0.2) is 41.2 Å². The number of anilines is 2. The van der Waals surface area contributed by atoms with Gasteiger partial charge in [-0.2, -0.15) is 0 Å². The van der Waals surface area contributed by atoms with Crippen LogP contribution in [0.1, 0.15) is 20.7 Å². The smallest absolute Gasteiger partial charge is 0.335 e. The summed E-state index contributed by atoms with van der Waals surface area (Å²) in [6, 6.07) is 13.6. The highest BCUT2D eigenvalue weighted by Crippen LogP contribution is 2.38. The van der Waals surface area contributed by atoms with Crippen molar-refractivity contribution in [2.75, 3.05) is 19.5 Å². The minimum absolute atomic E-state index is 0.111. The number of pyridine rings is 2. The summed E-state index contributed by atoms with van der Waals surface area (Å²) < 4.78 is 10.8. The van der Waals surface area contributed by atoms with Crippen molar-refractivity contribution in [3.8, 4) is 22.8 Å². The summed E-state index contributed by atoms with van der Waals surface area (Å²) in [6.45, 7) is 0. The van der Waals surface area contributed by atoms with E-state index in [9.17, 15) is 14.7 Å². The highest BCUT2D eigenvalue weighted by molar-refractivity contribution is 6.08. The molecule has 0 aliphatic carbocycles. The van der Waals surface area contributed by atoms with Gasteiger partial charge in [-0.3, -0.25) is 9.78 Å².